The lowest BCUT2D eigenvalue weighted by Gasteiger charge is -2.34. The maximum Gasteiger partial charge on any atom is 0.511 e. The molecule has 0 spiro atoms. The summed E-state index contributed by atoms with van der Waals surface area (Å²) in [5.74, 6) is 0. The SMILES string of the molecule is CC=C(C)c1c(CC)cccc1CN1CCN(S(=O)(=O)C(F)(F)F)CC1. The van der Waals surface area contributed by atoms with Gasteiger partial charge in [0.25, 0.3) is 0 Å². The number of sulfonamides is 1. The van der Waals surface area contributed by atoms with Crippen LogP contribution in [0.25, 0.3) is 5.57 Å². The van der Waals surface area contributed by atoms with Crippen LogP contribution in [0.1, 0.15) is 37.5 Å². The van der Waals surface area contributed by atoms with Crippen LogP contribution in [0.3, 0.4) is 0 Å². The topological polar surface area (TPSA) is 40.6 Å². The van der Waals surface area contributed by atoms with E-state index in [0.717, 1.165) is 17.6 Å². The molecule has 146 valence electrons. The molecule has 0 unspecified atom stereocenters. The van der Waals surface area contributed by atoms with Crippen LogP contribution in [0.2, 0.25) is 0 Å². The molecule has 0 radical (unpaired) electrons. The number of hydrogen-bond donors (Lipinski definition) is 0. The normalized spacial score (nSPS) is 18.3. The van der Waals surface area contributed by atoms with Gasteiger partial charge in [-0.05, 0) is 42.5 Å². The van der Waals surface area contributed by atoms with Gasteiger partial charge in [0.05, 0.1) is 0 Å². The summed E-state index contributed by atoms with van der Waals surface area (Å²) in [6.07, 6.45) is 2.94. The van der Waals surface area contributed by atoms with Crippen molar-refractivity contribution in [2.24, 2.45) is 0 Å². The third-order valence-electron chi connectivity index (χ3n) is 4.80. The minimum absolute atomic E-state index is 0.146. The summed E-state index contributed by atoms with van der Waals surface area (Å²) >= 11 is 0. The van der Waals surface area contributed by atoms with Crippen molar-refractivity contribution in [1.29, 1.82) is 0 Å². The number of benzene rings is 1. The highest BCUT2D eigenvalue weighted by molar-refractivity contribution is 7.90. The Morgan fingerprint density at radius 2 is 1.73 bits per heavy atom. The van der Waals surface area contributed by atoms with Crippen molar-refractivity contribution in [2.75, 3.05) is 26.2 Å². The van der Waals surface area contributed by atoms with E-state index in [-0.39, 0.29) is 26.2 Å². The Hall–Kier alpha value is -1.38. The number of allylic oxidation sites excluding steroid dienone is 2. The van der Waals surface area contributed by atoms with E-state index >= 15 is 0 Å². The van der Waals surface area contributed by atoms with Gasteiger partial charge < -0.3 is 0 Å². The number of nitrogens with zero attached hydrogens (tertiary/aromatic N) is 2. The minimum Gasteiger partial charge on any atom is -0.296 e. The van der Waals surface area contributed by atoms with E-state index in [1.54, 1.807) is 0 Å². The Balaban J connectivity index is 2.14. The average molecular weight is 390 g/mol. The van der Waals surface area contributed by atoms with Gasteiger partial charge in [-0.2, -0.15) is 17.5 Å². The average Bonchev–Trinajstić information content (AvgIpc) is 2.60. The molecule has 1 aliphatic heterocycles. The Labute approximate surface area is 153 Å². The molecule has 0 aliphatic carbocycles. The molecule has 26 heavy (non-hydrogen) atoms. The second-order valence-electron chi connectivity index (χ2n) is 6.40. The molecule has 0 amide bonds. The van der Waals surface area contributed by atoms with Crippen LogP contribution in [-0.2, 0) is 23.0 Å². The Kier molecular flexibility index (Phi) is 6.52. The van der Waals surface area contributed by atoms with Crippen molar-refractivity contribution in [2.45, 2.75) is 39.2 Å². The molecule has 0 atom stereocenters. The van der Waals surface area contributed by atoms with Crippen LogP contribution in [0.15, 0.2) is 24.3 Å². The molecule has 1 aromatic carbocycles. The summed E-state index contributed by atoms with van der Waals surface area (Å²) in [4.78, 5) is 2.00. The lowest BCUT2D eigenvalue weighted by Crippen LogP contribution is -2.51. The van der Waals surface area contributed by atoms with Crippen LogP contribution in [-0.4, -0.2) is 49.3 Å². The number of piperazine rings is 1. The van der Waals surface area contributed by atoms with Crippen molar-refractivity contribution in [3.63, 3.8) is 0 Å². The number of rotatable bonds is 5. The van der Waals surface area contributed by atoms with Gasteiger partial charge in [0.2, 0.25) is 0 Å². The minimum atomic E-state index is -5.24. The highest BCUT2D eigenvalue weighted by Gasteiger charge is 2.50. The maximum absolute atomic E-state index is 12.7. The van der Waals surface area contributed by atoms with Gasteiger partial charge in [0.1, 0.15) is 0 Å². The van der Waals surface area contributed by atoms with Gasteiger partial charge in [-0.15, -0.1) is 0 Å². The molecule has 4 nitrogen and oxygen atoms in total. The first kappa shape index (κ1) is 20.9. The van der Waals surface area contributed by atoms with Crippen molar-refractivity contribution < 1.29 is 21.6 Å². The van der Waals surface area contributed by atoms with Crippen LogP contribution in [0, 0.1) is 0 Å². The molecule has 1 fully saturated rings. The second-order valence-corrected chi connectivity index (χ2v) is 8.33. The van der Waals surface area contributed by atoms with E-state index in [0.29, 0.717) is 10.8 Å². The van der Waals surface area contributed by atoms with Gasteiger partial charge in [-0.25, -0.2) is 8.42 Å². The van der Waals surface area contributed by atoms with E-state index in [4.69, 9.17) is 0 Å². The van der Waals surface area contributed by atoms with Gasteiger partial charge in [-0.1, -0.05) is 31.2 Å². The zero-order chi connectivity index (χ0) is 19.5. The molecule has 2 rings (SSSR count). The van der Waals surface area contributed by atoms with Gasteiger partial charge in [0.15, 0.2) is 0 Å². The fourth-order valence-electron chi connectivity index (χ4n) is 3.25. The maximum atomic E-state index is 12.7. The molecule has 0 N–H and O–H groups in total. The monoisotopic (exact) mass is 390 g/mol. The third kappa shape index (κ3) is 4.29. The van der Waals surface area contributed by atoms with Crippen LogP contribution < -0.4 is 0 Å². The molecule has 8 heteroatoms. The molecule has 1 saturated heterocycles. The Morgan fingerprint density at radius 1 is 1.15 bits per heavy atom. The Bertz CT molecular complexity index is 765. The standard InChI is InChI=1S/C18H25F3N2O2S/c1-4-14(3)17-15(5-2)7-6-8-16(17)13-22-9-11-23(12-10-22)26(24,25)18(19,20)21/h4,6-8H,5,9-13H2,1-3H3. The van der Waals surface area contributed by atoms with Crippen LogP contribution in [0.4, 0.5) is 13.2 Å². The summed E-state index contributed by atoms with van der Waals surface area (Å²) < 4.78 is 61.6. The number of alkyl halides is 3. The number of hydrogen-bond acceptors (Lipinski definition) is 3. The zero-order valence-corrected chi connectivity index (χ0v) is 16.1. The van der Waals surface area contributed by atoms with Crippen molar-refractivity contribution in [3.8, 4) is 0 Å². The van der Waals surface area contributed by atoms with Crippen LogP contribution in [0.5, 0.6) is 0 Å². The lowest BCUT2D eigenvalue weighted by atomic mass is 9.93. The zero-order valence-electron chi connectivity index (χ0n) is 15.3. The van der Waals surface area contributed by atoms with Crippen molar-refractivity contribution in [1.82, 2.24) is 9.21 Å². The number of aryl methyl sites for hydroxylation is 1. The third-order valence-corrected chi connectivity index (χ3v) is 6.43. The van der Waals surface area contributed by atoms with Crippen molar-refractivity contribution in [3.05, 3.63) is 41.0 Å². The highest BCUT2D eigenvalue weighted by Crippen LogP contribution is 2.29. The molecular formula is C18H25F3N2O2S. The van der Waals surface area contributed by atoms with E-state index in [1.807, 2.05) is 37.0 Å². The summed E-state index contributed by atoms with van der Waals surface area (Å²) in [7, 11) is -5.23. The van der Waals surface area contributed by atoms with E-state index in [2.05, 4.69) is 13.0 Å². The smallest absolute Gasteiger partial charge is 0.296 e. The summed E-state index contributed by atoms with van der Waals surface area (Å²) in [5.41, 5.74) is -0.539. The van der Waals surface area contributed by atoms with Crippen molar-refractivity contribution >= 4 is 15.6 Å². The molecule has 0 saturated carbocycles. The molecule has 1 aromatic rings. The fourth-order valence-corrected chi connectivity index (χ4v) is 4.18. The van der Waals surface area contributed by atoms with Gasteiger partial charge >= 0.3 is 15.5 Å². The summed E-state index contributed by atoms with van der Waals surface area (Å²) in [5, 5.41) is 0. The molecule has 1 aliphatic rings. The molecule has 1 heterocycles. The largest absolute Gasteiger partial charge is 0.511 e. The number of halogens is 3. The lowest BCUT2D eigenvalue weighted by molar-refractivity contribution is -0.0500. The Morgan fingerprint density at radius 3 is 2.23 bits per heavy atom. The molecule has 0 aromatic heterocycles. The molecule has 0 bridgehead atoms. The fraction of sp³-hybridized carbons (Fsp3) is 0.556. The predicted octanol–water partition coefficient (Wildman–Crippen LogP) is 3.64. The van der Waals surface area contributed by atoms with Gasteiger partial charge in [-0.3, -0.25) is 4.90 Å². The van der Waals surface area contributed by atoms with E-state index in [1.165, 1.54) is 11.1 Å². The molecular weight excluding hydrogens is 365 g/mol. The first-order valence-corrected chi connectivity index (χ1v) is 10.1. The second kappa shape index (κ2) is 8.10. The van der Waals surface area contributed by atoms with E-state index < -0.39 is 15.5 Å². The van der Waals surface area contributed by atoms with E-state index in [9.17, 15) is 21.6 Å². The predicted molar refractivity (Wildman–Crippen MR) is 97.0 cm³/mol. The van der Waals surface area contributed by atoms with Gasteiger partial charge in [0, 0.05) is 32.7 Å². The first-order valence-electron chi connectivity index (χ1n) is 8.64. The first-order chi connectivity index (χ1) is 12.1. The quantitative estimate of drug-likeness (QED) is 0.771. The summed E-state index contributed by atoms with van der Waals surface area (Å²) in [6, 6.07) is 6.10. The summed E-state index contributed by atoms with van der Waals surface area (Å²) in [6.45, 7) is 6.97. The highest BCUT2D eigenvalue weighted by atomic mass is 32.2. The van der Waals surface area contributed by atoms with Crippen LogP contribution >= 0.6 is 0 Å².